The summed E-state index contributed by atoms with van der Waals surface area (Å²) in [7, 11) is 0. The molecule has 3 N–H and O–H groups in total. The molecule has 0 aliphatic carbocycles. The minimum absolute atomic E-state index is 0.0754. The van der Waals surface area contributed by atoms with Gasteiger partial charge in [0.05, 0.1) is 11.3 Å². The molecule has 3 nitrogen and oxygen atoms in total. The van der Waals surface area contributed by atoms with Gasteiger partial charge in [0.2, 0.25) is 0 Å². The molecule has 1 amide bonds. The van der Waals surface area contributed by atoms with Crippen molar-refractivity contribution in [2.75, 3.05) is 11.1 Å². The zero-order chi connectivity index (χ0) is 14.0. The highest BCUT2D eigenvalue weighted by Crippen LogP contribution is 2.19. The molecule has 2 aromatic rings. The molecule has 0 saturated carbocycles. The largest absolute Gasteiger partial charge is 0.399 e. The Morgan fingerprint density at radius 2 is 1.84 bits per heavy atom. The van der Waals surface area contributed by atoms with Gasteiger partial charge in [-0.1, -0.05) is 11.6 Å². The number of hydrogen-bond acceptors (Lipinski definition) is 2. The molecule has 0 heterocycles. The number of nitrogens with two attached hydrogens (primary N) is 1. The summed E-state index contributed by atoms with van der Waals surface area (Å²) in [6.07, 6.45) is 0. The topological polar surface area (TPSA) is 55.1 Å². The van der Waals surface area contributed by atoms with E-state index >= 15 is 0 Å². The van der Waals surface area contributed by atoms with Gasteiger partial charge in [-0.3, -0.25) is 4.79 Å². The van der Waals surface area contributed by atoms with Crippen molar-refractivity contribution >= 4 is 28.9 Å². The molecule has 0 unspecified atom stereocenters. The Kier molecular flexibility index (Phi) is 3.66. The van der Waals surface area contributed by atoms with Gasteiger partial charge < -0.3 is 11.1 Å². The van der Waals surface area contributed by atoms with E-state index in [1.54, 1.807) is 0 Å². The summed E-state index contributed by atoms with van der Waals surface area (Å²) in [6, 6.07) is 7.40. The Morgan fingerprint density at radius 1 is 1.11 bits per heavy atom. The first-order chi connectivity index (χ1) is 8.97. The lowest BCUT2D eigenvalue weighted by atomic mass is 10.2. The van der Waals surface area contributed by atoms with E-state index in [1.807, 2.05) is 0 Å². The molecule has 0 fully saturated rings. The van der Waals surface area contributed by atoms with Crippen molar-refractivity contribution in [1.29, 1.82) is 0 Å². The predicted octanol–water partition coefficient (Wildman–Crippen LogP) is 3.45. The summed E-state index contributed by atoms with van der Waals surface area (Å²) in [5, 5.41) is 2.44. The number of nitrogen functional groups attached to an aromatic ring is 1. The van der Waals surface area contributed by atoms with E-state index in [0.717, 1.165) is 12.1 Å². The molecule has 98 valence electrons. The summed E-state index contributed by atoms with van der Waals surface area (Å²) in [6.45, 7) is 0. The second-order valence-corrected chi connectivity index (χ2v) is 4.25. The van der Waals surface area contributed by atoms with Gasteiger partial charge in [-0.2, -0.15) is 0 Å². The standard InChI is InChI=1S/C13H9ClF2N2O/c14-7-1-3-9(10(15)5-7)13(19)18-12-4-2-8(17)6-11(12)16/h1-6H,17H2,(H,18,19). The Hall–Kier alpha value is -2.14. The third-order valence-corrected chi connectivity index (χ3v) is 2.65. The first-order valence-electron chi connectivity index (χ1n) is 5.29. The van der Waals surface area contributed by atoms with E-state index in [4.69, 9.17) is 17.3 Å². The van der Waals surface area contributed by atoms with Crippen LogP contribution in [0.2, 0.25) is 5.02 Å². The van der Waals surface area contributed by atoms with E-state index in [2.05, 4.69) is 5.32 Å². The number of hydrogen-bond donors (Lipinski definition) is 2. The van der Waals surface area contributed by atoms with E-state index in [1.165, 1.54) is 24.3 Å². The van der Waals surface area contributed by atoms with Gasteiger partial charge in [-0.15, -0.1) is 0 Å². The fraction of sp³-hybridized carbons (Fsp3) is 0. The normalized spacial score (nSPS) is 10.3. The van der Waals surface area contributed by atoms with Gasteiger partial charge in [0.15, 0.2) is 0 Å². The lowest BCUT2D eigenvalue weighted by Gasteiger charge is -2.07. The molecule has 19 heavy (non-hydrogen) atoms. The maximum atomic E-state index is 13.5. The van der Waals surface area contributed by atoms with Crippen molar-refractivity contribution in [2.24, 2.45) is 0 Å². The molecule has 2 rings (SSSR count). The minimum Gasteiger partial charge on any atom is -0.399 e. The second-order valence-electron chi connectivity index (χ2n) is 3.82. The van der Waals surface area contributed by atoms with Crippen LogP contribution in [-0.4, -0.2) is 5.91 Å². The summed E-state index contributed by atoms with van der Waals surface area (Å²) in [5.41, 5.74) is 5.32. The lowest BCUT2D eigenvalue weighted by Crippen LogP contribution is -2.14. The Bertz CT molecular complexity index is 647. The van der Waals surface area contributed by atoms with Gasteiger partial charge in [-0.25, -0.2) is 8.78 Å². The molecule has 0 aromatic heterocycles. The average Bonchev–Trinajstić information content (AvgIpc) is 2.32. The van der Waals surface area contributed by atoms with Crippen LogP contribution in [0.5, 0.6) is 0 Å². The lowest BCUT2D eigenvalue weighted by molar-refractivity contribution is 0.102. The number of halogens is 3. The molecule has 0 aliphatic heterocycles. The van der Waals surface area contributed by atoms with Crippen LogP contribution in [0.4, 0.5) is 20.2 Å². The fourth-order valence-corrected chi connectivity index (χ4v) is 1.65. The molecule has 0 bridgehead atoms. The molecule has 0 spiro atoms. The van der Waals surface area contributed by atoms with Gasteiger partial charge in [0.1, 0.15) is 11.6 Å². The van der Waals surface area contributed by atoms with Gasteiger partial charge in [0, 0.05) is 10.7 Å². The van der Waals surface area contributed by atoms with Crippen molar-refractivity contribution < 1.29 is 13.6 Å². The second kappa shape index (κ2) is 5.24. The molecule has 0 aliphatic rings. The number of nitrogens with one attached hydrogen (secondary N) is 1. The van der Waals surface area contributed by atoms with Crippen molar-refractivity contribution in [3.8, 4) is 0 Å². The Labute approximate surface area is 113 Å². The van der Waals surface area contributed by atoms with E-state index in [9.17, 15) is 13.6 Å². The zero-order valence-corrected chi connectivity index (χ0v) is 10.3. The molecule has 2 aromatic carbocycles. The summed E-state index contributed by atoms with van der Waals surface area (Å²) < 4.78 is 27.0. The highest BCUT2D eigenvalue weighted by molar-refractivity contribution is 6.30. The molecule has 6 heteroatoms. The Balaban J connectivity index is 2.25. The molecular weight excluding hydrogens is 274 g/mol. The molecular formula is C13H9ClF2N2O. The number of carbonyl (C=O) groups is 1. The molecule has 0 radical (unpaired) electrons. The van der Waals surface area contributed by atoms with Gasteiger partial charge in [-0.05, 0) is 36.4 Å². The third-order valence-electron chi connectivity index (χ3n) is 2.42. The maximum Gasteiger partial charge on any atom is 0.258 e. The number of amides is 1. The van der Waals surface area contributed by atoms with E-state index in [-0.39, 0.29) is 22.0 Å². The molecule has 0 saturated heterocycles. The predicted molar refractivity (Wildman–Crippen MR) is 70.2 cm³/mol. The third kappa shape index (κ3) is 3.00. The van der Waals surface area contributed by atoms with Crippen LogP contribution in [-0.2, 0) is 0 Å². The van der Waals surface area contributed by atoms with Crippen molar-refractivity contribution in [3.05, 3.63) is 58.6 Å². The fourth-order valence-electron chi connectivity index (χ4n) is 1.50. The van der Waals surface area contributed by atoms with E-state index in [0.29, 0.717) is 0 Å². The average molecular weight is 283 g/mol. The monoisotopic (exact) mass is 282 g/mol. The quantitative estimate of drug-likeness (QED) is 0.829. The number of benzene rings is 2. The first kappa shape index (κ1) is 13.3. The van der Waals surface area contributed by atoms with Crippen LogP contribution in [0.1, 0.15) is 10.4 Å². The van der Waals surface area contributed by atoms with Gasteiger partial charge >= 0.3 is 0 Å². The van der Waals surface area contributed by atoms with E-state index < -0.39 is 17.5 Å². The van der Waals surface area contributed by atoms with Crippen LogP contribution in [0, 0.1) is 11.6 Å². The smallest absolute Gasteiger partial charge is 0.258 e. The molecule has 0 atom stereocenters. The maximum absolute atomic E-state index is 13.5. The zero-order valence-electron chi connectivity index (χ0n) is 9.58. The number of anilines is 2. The summed E-state index contributed by atoms with van der Waals surface area (Å²) >= 11 is 5.58. The van der Waals surface area contributed by atoms with Crippen LogP contribution in [0.25, 0.3) is 0 Å². The number of carbonyl (C=O) groups excluding carboxylic acids is 1. The van der Waals surface area contributed by atoms with Crippen LogP contribution in [0.3, 0.4) is 0 Å². The summed E-state index contributed by atoms with van der Waals surface area (Å²) in [5.74, 6) is -2.23. The highest BCUT2D eigenvalue weighted by Gasteiger charge is 2.14. The van der Waals surface area contributed by atoms with Crippen LogP contribution < -0.4 is 11.1 Å². The SMILES string of the molecule is Nc1ccc(NC(=O)c2ccc(Cl)cc2F)c(F)c1. The van der Waals surface area contributed by atoms with Crippen LogP contribution in [0.15, 0.2) is 36.4 Å². The number of rotatable bonds is 2. The first-order valence-corrected chi connectivity index (χ1v) is 5.66. The minimum atomic E-state index is -0.777. The Morgan fingerprint density at radius 3 is 2.47 bits per heavy atom. The highest BCUT2D eigenvalue weighted by atomic mass is 35.5. The summed E-state index contributed by atoms with van der Waals surface area (Å²) in [4.78, 5) is 11.8. The van der Waals surface area contributed by atoms with Crippen molar-refractivity contribution in [1.82, 2.24) is 0 Å². The van der Waals surface area contributed by atoms with Crippen LogP contribution >= 0.6 is 11.6 Å². The van der Waals surface area contributed by atoms with Crippen molar-refractivity contribution in [2.45, 2.75) is 0 Å². The van der Waals surface area contributed by atoms with Gasteiger partial charge in [0.25, 0.3) is 5.91 Å². The van der Waals surface area contributed by atoms with Crippen molar-refractivity contribution in [3.63, 3.8) is 0 Å².